The third-order valence-corrected chi connectivity index (χ3v) is 13.7. The fourth-order valence-electron chi connectivity index (χ4n) is 9.58. The lowest BCUT2D eigenvalue weighted by atomic mass is 9.89. The van der Waals surface area contributed by atoms with Crippen LogP contribution in [0.4, 0.5) is 0 Å². The Morgan fingerprint density at radius 3 is 1.99 bits per heavy atom. The first-order chi connectivity index (χ1) is 31.6. The maximum Gasteiger partial charge on any atom is 0.326 e. The van der Waals surface area contributed by atoms with Crippen molar-refractivity contribution in [2.45, 2.75) is 162 Å². The number of carbonyl (C=O) groups excluding carboxylic acids is 7. The van der Waals surface area contributed by atoms with Crippen LogP contribution in [0.5, 0.6) is 0 Å². The summed E-state index contributed by atoms with van der Waals surface area (Å²) in [6, 6.07) is 4.73. The number of likely N-dealkylation sites (N-methyl/N-ethyl adjacent to an activating group) is 2. The van der Waals surface area contributed by atoms with Crippen molar-refractivity contribution in [3.8, 4) is 0 Å². The minimum atomic E-state index is -1.17. The molecule has 0 bridgehead atoms. The molecule has 3 N–H and O–H groups in total. The summed E-state index contributed by atoms with van der Waals surface area (Å²) in [4.78, 5) is 112. The lowest BCUT2D eigenvalue weighted by Gasteiger charge is -2.41. The molecule has 17 nitrogen and oxygen atoms in total. The zero-order chi connectivity index (χ0) is 50.3. The molecule has 4 unspecified atom stereocenters. The third-order valence-electron chi connectivity index (χ3n) is 13.7. The van der Waals surface area contributed by atoms with E-state index in [2.05, 4.69) is 10.6 Å². The van der Waals surface area contributed by atoms with Gasteiger partial charge in [0.15, 0.2) is 0 Å². The van der Waals surface area contributed by atoms with Crippen molar-refractivity contribution in [1.82, 2.24) is 30.2 Å². The van der Waals surface area contributed by atoms with Crippen molar-refractivity contribution >= 4 is 47.3 Å². The second-order valence-electron chi connectivity index (χ2n) is 19.1. The molecule has 0 radical (unpaired) electrons. The van der Waals surface area contributed by atoms with Crippen LogP contribution in [0.3, 0.4) is 0 Å². The van der Waals surface area contributed by atoms with Crippen molar-refractivity contribution in [3.63, 3.8) is 0 Å². The summed E-state index contributed by atoms with van der Waals surface area (Å²) in [5.41, 5.74) is 0.761. The Hall–Kier alpha value is -5.16. The van der Waals surface area contributed by atoms with E-state index in [-0.39, 0.29) is 79.1 Å². The first-order valence-corrected chi connectivity index (χ1v) is 23.9. The van der Waals surface area contributed by atoms with Crippen LogP contribution in [0.25, 0.3) is 0 Å². The van der Waals surface area contributed by atoms with E-state index < -0.39 is 66.1 Å². The van der Waals surface area contributed by atoms with E-state index >= 15 is 0 Å². The average Bonchev–Trinajstić information content (AvgIpc) is 3.83. The fraction of sp³-hybridized carbons (Fsp3) is 0.680. The summed E-state index contributed by atoms with van der Waals surface area (Å²) in [5.74, 6) is -5.28. The summed E-state index contributed by atoms with van der Waals surface area (Å²) in [7, 11) is 6.22. The maximum absolute atomic E-state index is 14.6. The monoisotopic (exact) mass is 939 g/mol. The number of methoxy groups -OCH3 is 2. The van der Waals surface area contributed by atoms with Gasteiger partial charge in [-0.1, -0.05) is 91.6 Å². The van der Waals surface area contributed by atoms with Gasteiger partial charge in [0.2, 0.25) is 29.5 Å². The largest absolute Gasteiger partial charge is 0.480 e. The van der Waals surface area contributed by atoms with Gasteiger partial charge in [0.1, 0.15) is 18.1 Å². The highest BCUT2D eigenvalue weighted by Gasteiger charge is 2.46. The molecule has 1 saturated heterocycles. The molecule has 374 valence electrons. The van der Waals surface area contributed by atoms with Gasteiger partial charge in [0.25, 0.3) is 11.8 Å². The van der Waals surface area contributed by atoms with E-state index in [4.69, 9.17) is 9.47 Å². The number of rotatable bonds is 27. The zero-order valence-corrected chi connectivity index (χ0v) is 41.9. The lowest BCUT2D eigenvalue weighted by molar-refractivity contribution is -0.150. The quantitative estimate of drug-likeness (QED) is 0.0840. The number of unbranched alkanes of at least 4 members (excludes halogenated alkanes) is 2. The highest BCUT2D eigenvalue weighted by molar-refractivity contribution is 6.12. The molecule has 1 fully saturated rings. The van der Waals surface area contributed by atoms with Crippen molar-refractivity contribution in [1.29, 1.82) is 0 Å². The Labute approximate surface area is 397 Å². The molecule has 0 aromatic heterocycles. The van der Waals surface area contributed by atoms with E-state index in [9.17, 15) is 43.5 Å². The van der Waals surface area contributed by atoms with Gasteiger partial charge in [-0.25, -0.2) is 4.79 Å². The highest BCUT2D eigenvalue weighted by Crippen LogP contribution is 2.33. The average molecular weight is 939 g/mol. The predicted molar refractivity (Wildman–Crippen MR) is 253 cm³/mol. The number of carboxylic acid groups (broad SMARTS) is 1. The number of amides is 7. The first kappa shape index (κ1) is 56.2. The Bertz CT molecular complexity index is 1870. The van der Waals surface area contributed by atoms with Gasteiger partial charge in [-0.2, -0.15) is 0 Å². The van der Waals surface area contributed by atoms with Gasteiger partial charge in [0.05, 0.1) is 36.6 Å². The summed E-state index contributed by atoms with van der Waals surface area (Å²) >= 11 is 0. The molecule has 67 heavy (non-hydrogen) atoms. The van der Waals surface area contributed by atoms with Crippen molar-refractivity contribution < 1.29 is 52.9 Å². The summed E-state index contributed by atoms with van der Waals surface area (Å²) in [6.07, 6.45) is 4.64. The maximum atomic E-state index is 14.6. The number of likely N-dealkylation sites (tertiary alicyclic amines) is 1. The molecule has 1 aromatic rings. The smallest absolute Gasteiger partial charge is 0.326 e. The zero-order valence-electron chi connectivity index (χ0n) is 41.9. The molecule has 3 rings (SSSR count). The Morgan fingerprint density at radius 2 is 1.45 bits per heavy atom. The second-order valence-corrected chi connectivity index (χ2v) is 19.1. The van der Waals surface area contributed by atoms with Gasteiger partial charge < -0.3 is 39.9 Å². The van der Waals surface area contributed by atoms with Crippen LogP contribution in [0, 0.1) is 23.7 Å². The molecule has 2 heterocycles. The van der Waals surface area contributed by atoms with Gasteiger partial charge >= 0.3 is 5.97 Å². The van der Waals surface area contributed by atoms with Crippen LogP contribution in [0.1, 0.15) is 112 Å². The van der Waals surface area contributed by atoms with Gasteiger partial charge in [-0.05, 0) is 55.9 Å². The second kappa shape index (κ2) is 26.4. The lowest BCUT2D eigenvalue weighted by Crippen LogP contribution is -2.60. The Morgan fingerprint density at radius 1 is 0.821 bits per heavy atom. The molecule has 7 amide bonds. The molecular weight excluding hydrogens is 861 g/mol. The molecule has 0 spiro atoms. The SMILES string of the molecule is CCC(C)[C@@H](C(CC(=O)N1[C@@H](C)CC[C@H]1C(OC)C(C)C(=O)N[C@@H](Cc1ccccc1)C(=O)O)OC)N(C)C(=O)[C@@H](NC(=O)[C@H](C(C)C)N(C)C(=O)CCCCCN1C(=O)C=CC1=O)C(C)C. The molecule has 0 saturated carbocycles. The number of imide groups is 1. The number of aliphatic carboxylic acids is 1. The fourth-order valence-corrected chi connectivity index (χ4v) is 9.58. The summed E-state index contributed by atoms with van der Waals surface area (Å²) in [5, 5.41) is 15.6. The van der Waals surface area contributed by atoms with Crippen molar-refractivity contribution in [2.75, 3.05) is 34.9 Å². The van der Waals surface area contributed by atoms with Gasteiger partial charge in [-0.15, -0.1) is 0 Å². The number of carbonyl (C=O) groups is 8. The molecular formula is C50H78N6O11. The molecule has 0 aliphatic carbocycles. The van der Waals surface area contributed by atoms with Gasteiger partial charge in [-0.3, -0.25) is 38.5 Å². The number of benzene rings is 1. The molecule has 2 aliphatic heterocycles. The first-order valence-electron chi connectivity index (χ1n) is 23.9. The molecule has 17 heteroatoms. The van der Waals surface area contributed by atoms with Crippen LogP contribution in [-0.4, -0.2) is 155 Å². The van der Waals surface area contributed by atoms with Crippen LogP contribution in [0.2, 0.25) is 0 Å². The molecule has 2 aliphatic rings. The van der Waals surface area contributed by atoms with E-state index in [1.165, 1.54) is 36.2 Å². The van der Waals surface area contributed by atoms with Crippen LogP contribution in [0.15, 0.2) is 42.5 Å². The minimum absolute atomic E-state index is 0.0914. The van der Waals surface area contributed by atoms with E-state index in [1.807, 2.05) is 54.5 Å². The van der Waals surface area contributed by atoms with Crippen molar-refractivity contribution in [3.05, 3.63) is 48.0 Å². The van der Waals surface area contributed by atoms with Crippen LogP contribution < -0.4 is 10.6 Å². The Kier molecular flexibility index (Phi) is 22.1. The van der Waals surface area contributed by atoms with Crippen LogP contribution in [-0.2, 0) is 54.3 Å². The third kappa shape index (κ3) is 14.9. The van der Waals surface area contributed by atoms with Gasteiger partial charge in [0, 0.05) is 65.9 Å². The number of carboxylic acids is 1. The predicted octanol–water partition coefficient (Wildman–Crippen LogP) is 4.22. The van der Waals surface area contributed by atoms with E-state index in [0.717, 1.165) is 5.56 Å². The van der Waals surface area contributed by atoms with Crippen molar-refractivity contribution in [2.24, 2.45) is 23.7 Å². The standard InChI is InChI=1S/C50H78N6O11/c1-13-32(6)45(54(10)49(63)43(30(2)3)52-48(62)44(31(4)5)53(9)39(57)22-18-15-19-27-55-40(58)25-26-41(55)59)38(66-11)29-42(60)56-33(7)23-24-37(56)46(67-12)34(8)47(61)51-36(50(64)65)28-35-20-16-14-17-21-35/h14,16-17,20-21,25-26,30-34,36-38,43-46H,13,15,18-19,22-24,27-29H2,1-12H3,(H,51,61)(H,52,62)(H,64,65)/t32?,33-,34?,36-,37-,38?,43-,44-,45-,46?/m0/s1. The number of nitrogens with one attached hydrogen (secondary N) is 2. The summed E-state index contributed by atoms with van der Waals surface area (Å²) in [6.45, 7) is 15.2. The van der Waals surface area contributed by atoms with E-state index in [1.54, 1.807) is 55.1 Å². The number of nitrogens with zero attached hydrogens (tertiary/aromatic N) is 4. The Balaban J connectivity index is 1.74. The topological polar surface area (TPSA) is 212 Å². The minimum Gasteiger partial charge on any atom is -0.480 e. The number of ether oxygens (including phenoxy) is 2. The number of hydrogen-bond donors (Lipinski definition) is 3. The van der Waals surface area contributed by atoms with E-state index in [0.29, 0.717) is 38.5 Å². The molecule has 1 aromatic carbocycles. The molecule has 10 atom stereocenters. The van der Waals surface area contributed by atoms with Crippen LogP contribution >= 0.6 is 0 Å². The highest BCUT2D eigenvalue weighted by atomic mass is 16.5. The summed E-state index contributed by atoms with van der Waals surface area (Å²) < 4.78 is 12.0. The number of hydrogen-bond acceptors (Lipinski definition) is 10. The normalized spacial score (nSPS) is 19.7.